The van der Waals surface area contributed by atoms with E-state index < -0.39 is 27.8 Å². The first-order valence-electron chi connectivity index (χ1n) is 8.61. The summed E-state index contributed by atoms with van der Waals surface area (Å²) >= 11 is 0. The van der Waals surface area contributed by atoms with Crippen molar-refractivity contribution in [2.24, 2.45) is 0 Å². The molecule has 0 spiro atoms. The summed E-state index contributed by atoms with van der Waals surface area (Å²) in [4.78, 5) is 23.9. The van der Waals surface area contributed by atoms with Crippen molar-refractivity contribution in [1.29, 1.82) is 0 Å². The van der Waals surface area contributed by atoms with Crippen molar-refractivity contribution in [2.75, 3.05) is 5.32 Å². The lowest BCUT2D eigenvalue weighted by molar-refractivity contribution is -0.222. The van der Waals surface area contributed by atoms with E-state index in [1.807, 2.05) is 0 Å². The van der Waals surface area contributed by atoms with E-state index in [1.54, 1.807) is 37.3 Å². The molecule has 0 radical (unpaired) electrons. The van der Waals surface area contributed by atoms with Crippen LogP contribution in [0.2, 0.25) is 0 Å². The van der Waals surface area contributed by atoms with Crippen LogP contribution in [0.25, 0.3) is 0 Å². The molecule has 0 aliphatic carbocycles. The number of ether oxygens (including phenoxy) is 2. The van der Waals surface area contributed by atoms with E-state index in [9.17, 15) is 18.0 Å². The first-order chi connectivity index (χ1) is 13.6. The zero-order chi connectivity index (χ0) is 21.2. The molecule has 0 bridgehead atoms. The Kier molecular flexibility index (Phi) is 5.34. The minimum atomic E-state index is -4.09. The highest BCUT2D eigenvalue weighted by atomic mass is 32.2. The summed E-state index contributed by atoms with van der Waals surface area (Å²) < 4.78 is 40.4. The summed E-state index contributed by atoms with van der Waals surface area (Å²) in [5, 5.41) is 2.72. The SMILES string of the molecule is Cc1ccc(NC=C2C(=O)OC(C)(C)OC2=O)cc1S(=O)(=O)Oc1ccccc1. The number of rotatable bonds is 5. The van der Waals surface area contributed by atoms with Crippen molar-refractivity contribution >= 4 is 27.7 Å². The van der Waals surface area contributed by atoms with E-state index in [0.717, 1.165) is 6.20 Å². The maximum atomic E-state index is 12.6. The third-order valence-corrected chi connectivity index (χ3v) is 5.30. The molecule has 0 amide bonds. The summed E-state index contributed by atoms with van der Waals surface area (Å²) in [5.74, 6) is -2.84. The molecule has 9 heteroatoms. The van der Waals surface area contributed by atoms with Gasteiger partial charge in [-0.2, -0.15) is 8.42 Å². The van der Waals surface area contributed by atoms with Gasteiger partial charge in [-0.15, -0.1) is 0 Å². The molecule has 1 aliphatic rings. The van der Waals surface area contributed by atoms with Crippen molar-refractivity contribution in [3.05, 3.63) is 65.9 Å². The van der Waals surface area contributed by atoms with Crippen molar-refractivity contribution < 1.29 is 31.7 Å². The zero-order valence-electron chi connectivity index (χ0n) is 16.0. The summed E-state index contributed by atoms with van der Waals surface area (Å²) in [6.07, 6.45) is 1.11. The van der Waals surface area contributed by atoms with Crippen LogP contribution in [-0.2, 0) is 29.2 Å². The molecule has 1 heterocycles. The number of esters is 2. The lowest BCUT2D eigenvalue weighted by Gasteiger charge is -2.29. The number of benzene rings is 2. The van der Waals surface area contributed by atoms with E-state index in [4.69, 9.17) is 13.7 Å². The van der Waals surface area contributed by atoms with Gasteiger partial charge in [0.1, 0.15) is 10.6 Å². The zero-order valence-corrected chi connectivity index (χ0v) is 16.8. The third-order valence-electron chi connectivity index (χ3n) is 3.91. The lowest BCUT2D eigenvalue weighted by Crippen LogP contribution is -2.42. The van der Waals surface area contributed by atoms with Gasteiger partial charge < -0.3 is 19.0 Å². The monoisotopic (exact) mass is 417 g/mol. The molecule has 0 unspecified atom stereocenters. The molecule has 152 valence electrons. The van der Waals surface area contributed by atoms with Crippen molar-refractivity contribution in [1.82, 2.24) is 0 Å². The van der Waals surface area contributed by atoms with Crippen LogP contribution in [0.4, 0.5) is 5.69 Å². The highest BCUT2D eigenvalue weighted by Crippen LogP contribution is 2.26. The number of carbonyl (C=O) groups excluding carboxylic acids is 2. The molecule has 29 heavy (non-hydrogen) atoms. The number of cyclic esters (lactones) is 2. The normalized spacial score (nSPS) is 15.9. The molecule has 0 atom stereocenters. The summed E-state index contributed by atoms with van der Waals surface area (Å²) in [7, 11) is -4.09. The van der Waals surface area contributed by atoms with Gasteiger partial charge in [0.05, 0.1) is 0 Å². The van der Waals surface area contributed by atoms with Crippen LogP contribution in [-0.4, -0.2) is 26.1 Å². The van der Waals surface area contributed by atoms with Gasteiger partial charge in [0.15, 0.2) is 5.57 Å². The molecule has 1 fully saturated rings. The Balaban J connectivity index is 1.84. The summed E-state index contributed by atoms with van der Waals surface area (Å²) in [6.45, 7) is 4.51. The Morgan fingerprint density at radius 3 is 2.24 bits per heavy atom. The second-order valence-electron chi connectivity index (χ2n) is 6.71. The van der Waals surface area contributed by atoms with Gasteiger partial charge in [-0.05, 0) is 36.8 Å². The Labute approximate surface area is 168 Å². The molecule has 8 nitrogen and oxygen atoms in total. The summed E-state index contributed by atoms with van der Waals surface area (Å²) in [5.41, 5.74) is 0.455. The van der Waals surface area contributed by atoms with Gasteiger partial charge >= 0.3 is 22.1 Å². The fourth-order valence-electron chi connectivity index (χ4n) is 2.54. The van der Waals surface area contributed by atoms with Gasteiger partial charge in [0.25, 0.3) is 5.79 Å². The van der Waals surface area contributed by atoms with Crippen LogP contribution in [0.1, 0.15) is 19.4 Å². The number of hydrogen-bond acceptors (Lipinski definition) is 8. The number of aryl methyl sites for hydroxylation is 1. The first kappa shape index (κ1) is 20.4. The number of hydrogen-bond donors (Lipinski definition) is 1. The molecule has 3 rings (SSSR count). The average molecular weight is 417 g/mol. The lowest BCUT2D eigenvalue weighted by atomic mass is 10.2. The highest BCUT2D eigenvalue weighted by molar-refractivity contribution is 7.87. The van der Waals surface area contributed by atoms with Crippen LogP contribution < -0.4 is 9.50 Å². The molecule has 0 saturated carbocycles. The molecular formula is C20H19NO7S. The topological polar surface area (TPSA) is 108 Å². The van der Waals surface area contributed by atoms with E-state index in [0.29, 0.717) is 11.3 Å². The van der Waals surface area contributed by atoms with E-state index in [2.05, 4.69) is 5.32 Å². The molecular weight excluding hydrogens is 398 g/mol. The largest absolute Gasteiger partial charge is 0.419 e. The van der Waals surface area contributed by atoms with Gasteiger partial charge in [-0.1, -0.05) is 24.3 Å². The fraction of sp³-hybridized carbons (Fsp3) is 0.200. The van der Waals surface area contributed by atoms with E-state index in [1.165, 1.54) is 32.0 Å². The maximum Gasteiger partial charge on any atom is 0.350 e. The first-order valence-corrected chi connectivity index (χ1v) is 10.0. The number of nitrogens with one attached hydrogen (secondary N) is 1. The quantitative estimate of drug-likeness (QED) is 0.342. The second kappa shape index (κ2) is 7.59. The Hall–Kier alpha value is -3.33. The van der Waals surface area contributed by atoms with Gasteiger partial charge in [-0.3, -0.25) is 0 Å². The number of para-hydroxylation sites is 1. The predicted molar refractivity (Wildman–Crippen MR) is 103 cm³/mol. The van der Waals surface area contributed by atoms with Crippen molar-refractivity contribution in [2.45, 2.75) is 31.5 Å². The summed E-state index contributed by atoms with van der Waals surface area (Å²) in [6, 6.07) is 12.6. The number of carbonyl (C=O) groups is 2. The van der Waals surface area contributed by atoms with Crippen LogP contribution in [0.3, 0.4) is 0 Å². The van der Waals surface area contributed by atoms with Crippen molar-refractivity contribution in [3.63, 3.8) is 0 Å². The molecule has 2 aromatic carbocycles. The van der Waals surface area contributed by atoms with Crippen molar-refractivity contribution in [3.8, 4) is 5.75 Å². The minimum Gasteiger partial charge on any atom is -0.419 e. The van der Waals surface area contributed by atoms with Gasteiger partial charge in [0, 0.05) is 25.7 Å². The van der Waals surface area contributed by atoms with Gasteiger partial charge in [-0.25, -0.2) is 9.59 Å². The Morgan fingerprint density at radius 2 is 1.62 bits per heavy atom. The smallest absolute Gasteiger partial charge is 0.350 e. The van der Waals surface area contributed by atoms with Gasteiger partial charge in [0.2, 0.25) is 0 Å². The second-order valence-corrected chi connectivity index (χ2v) is 8.23. The van der Waals surface area contributed by atoms with Crippen LogP contribution in [0, 0.1) is 6.92 Å². The minimum absolute atomic E-state index is 0.0558. The Bertz CT molecular complexity index is 1070. The molecule has 1 N–H and O–H groups in total. The molecule has 0 aromatic heterocycles. The number of anilines is 1. The molecule has 1 aliphatic heterocycles. The van der Waals surface area contributed by atoms with Crippen LogP contribution in [0.15, 0.2) is 65.2 Å². The fourth-order valence-corrected chi connectivity index (χ4v) is 3.73. The van der Waals surface area contributed by atoms with Crippen LogP contribution >= 0.6 is 0 Å². The average Bonchev–Trinajstić information content (AvgIpc) is 2.61. The highest BCUT2D eigenvalue weighted by Gasteiger charge is 2.39. The van der Waals surface area contributed by atoms with E-state index >= 15 is 0 Å². The molecule has 1 saturated heterocycles. The van der Waals surface area contributed by atoms with E-state index in [-0.39, 0.29) is 16.2 Å². The molecule has 2 aromatic rings. The maximum absolute atomic E-state index is 12.6. The van der Waals surface area contributed by atoms with Crippen LogP contribution in [0.5, 0.6) is 5.75 Å². The third kappa shape index (κ3) is 4.75. The Morgan fingerprint density at radius 1 is 1.00 bits per heavy atom. The standard InChI is InChI=1S/C20H19NO7S/c1-13-9-10-14(21-12-16-18(22)26-20(2,3)27-19(16)23)11-17(13)29(24,25)28-15-7-5-4-6-8-15/h4-12,21H,1-3H3. The predicted octanol–water partition coefficient (Wildman–Crippen LogP) is 2.89.